The fourth-order valence-corrected chi connectivity index (χ4v) is 2.35. The largest absolute Gasteiger partial charge is 0.544 e. The highest BCUT2D eigenvalue weighted by Gasteiger charge is 2.20. The fourth-order valence-electron chi connectivity index (χ4n) is 1.25. The zero-order chi connectivity index (χ0) is 10.1. The van der Waals surface area contributed by atoms with Gasteiger partial charge in [0, 0.05) is 10.6 Å². The van der Waals surface area contributed by atoms with Crippen molar-refractivity contribution in [3.63, 3.8) is 0 Å². The minimum Gasteiger partial charge on any atom is -0.544 e. The average Bonchev–Trinajstić information content (AvgIpc) is 1.96. The molecular formula is C10H17ClOSi. The van der Waals surface area contributed by atoms with Crippen LogP contribution in [0.5, 0.6) is 0 Å². The quantitative estimate of drug-likeness (QED) is 0.634. The fraction of sp³-hybridized carbons (Fsp3) is 0.600. The average molecular weight is 217 g/mol. The van der Waals surface area contributed by atoms with Gasteiger partial charge in [-0.2, -0.15) is 0 Å². The van der Waals surface area contributed by atoms with Crippen LogP contribution in [0.1, 0.15) is 19.8 Å². The van der Waals surface area contributed by atoms with Gasteiger partial charge in [-0.3, -0.25) is 0 Å². The Bertz CT molecular complexity index is 261. The van der Waals surface area contributed by atoms with Crippen LogP contribution in [-0.2, 0) is 4.43 Å². The van der Waals surface area contributed by atoms with Crippen LogP contribution in [0.3, 0.4) is 0 Å². The Labute approximate surface area is 86.6 Å². The van der Waals surface area contributed by atoms with E-state index in [-0.39, 0.29) is 0 Å². The Balaban J connectivity index is 2.76. The van der Waals surface area contributed by atoms with Gasteiger partial charge in [0.25, 0.3) is 0 Å². The van der Waals surface area contributed by atoms with E-state index >= 15 is 0 Å². The summed E-state index contributed by atoms with van der Waals surface area (Å²) in [5, 5.41) is 0.954. The summed E-state index contributed by atoms with van der Waals surface area (Å²) in [5.41, 5.74) is 1.12. The highest BCUT2D eigenvalue weighted by molar-refractivity contribution is 6.70. The van der Waals surface area contributed by atoms with Crippen LogP contribution in [0.4, 0.5) is 0 Å². The molecule has 0 aromatic heterocycles. The van der Waals surface area contributed by atoms with Crippen molar-refractivity contribution in [2.45, 2.75) is 39.4 Å². The minimum absolute atomic E-state index is 0.954. The number of rotatable bonds is 2. The lowest BCUT2D eigenvalue weighted by molar-refractivity contribution is 0.426. The van der Waals surface area contributed by atoms with Gasteiger partial charge in [0.2, 0.25) is 8.32 Å². The summed E-state index contributed by atoms with van der Waals surface area (Å²) in [7, 11) is -1.48. The summed E-state index contributed by atoms with van der Waals surface area (Å²) in [6, 6.07) is 0. The van der Waals surface area contributed by atoms with Crippen LogP contribution in [0.25, 0.3) is 0 Å². The Morgan fingerprint density at radius 1 is 1.38 bits per heavy atom. The van der Waals surface area contributed by atoms with Crippen molar-refractivity contribution in [3.8, 4) is 0 Å². The molecule has 1 aliphatic carbocycles. The second-order valence-electron chi connectivity index (χ2n) is 4.35. The van der Waals surface area contributed by atoms with Crippen molar-refractivity contribution in [1.82, 2.24) is 0 Å². The maximum absolute atomic E-state index is 6.06. The van der Waals surface area contributed by atoms with E-state index in [0.29, 0.717) is 0 Å². The van der Waals surface area contributed by atoms with E-state index in [2.05, 4.69) is 25.7 Å². The Hall–Kier alpha value is -0.213. The van der Waals surface area contributed by atoms with Crippen LogP contribution < -0.4 is 0 Å². The normalized spacial score (nSPS) is 18.7. The smallest absolute Gasteiger partial charge is 0.242 e. The molecular weight excluding hydrogens is 200 g/mol. The molecule has 1 aliphatic rings. The zero-order valence-electron chi connectivity index (χ0n) is 8.78. The standard InChI is InChI=1S/C10H17ClOSi/c1-8-9(11)6-5-7-10(8)12-13(2,3)4/h7H,5-6H2,1-4H3. The molecule has 0 saturated heterocycles. The molecule has 0 bridgehead atoms. The number of hydrogen-bond donors (Lipinski definition) is 0. The summed E-state index contributed by atoms with van der Waals surface area (Å²) < 4.78 is 5.92. The molecule has 0 spiro atoms. The van der Waals surface area contributed by atoms with Gasteiger partial charge in [-0.05, 0) is 45.5 Å². The molecule has 0 aromatic carbocycles. The lowest BCUT2D eigenvalue weighted by Gasteiger charge is -2.25. The van der Waals surface area contributed by atoms with Crippen molar-refractivity contribution < 1.29 is 4.43 Å². The first-order valence-corrected chi connectivity index (χ1v) is 8.43. The Morgan fingerprint density at radius 2 is 2.00 bits per heavy atom. The molecule has 0 amide bonds. The van der Waals surface area contributed by atoms with Crippen molar-refractivity contribution in [3.05, 3.63) is 22.4 Å². The van der Waals surface area contributed by atoms with Gasteiger partial charge < -0.3 is 4.43 Å². The van der Waals surface area contributed by atoms with Gasteiger partial charge >= 0.3 is 0 Å². The Morgan fingerprint density at radius 3 is 2.54 bits per heavy atom. The molecule has 0 radical (unpaired) electrons. The minimum atomic E-state index is -1.48. The highest BCUT2D eigenvalue weighted by Crippen LogP contribution is 2.29. The van der Waals surface area contributed by atoms with Crippen LogP contribution in [-0.4, -0.2) is 8.32 Å². The molecule has 0 atom stereocenters. The van der Waals surface area contributed by atoms with Crippen LogP contribution >= 0.6 is 11.6 Å². The van der Waals surface area contributed by atoms with E-state index in [1.165, 1.54) is 0 Å². The second kappa shape index (κ2) is 3.89. The molecule has 0 heterocycles. The maximum Gasteiger partial charge on any atom is 0.242 e. The molecule has 0 unspecified atom stereocenters. The predicted octanol–water partition coefficient (Wildman–Crippen LogP) is 4.03. The summed E-state index contributed by atoms with van der Waals surface area (Å²) in [4.78, 5) is 0. The molecule has 0 fully saturated rings. The van der Waals surface area contributed by atoms with Crippen molar-refractivity contribution in [2.75, 3.05) is 0 Å². The third kappa shape index (κ3) is 3.20. The number of halogens is 1. The third-order valence-electron chi connectivity index (χ3n) is 1.89. The van der Waals surface area contributed by atoms with Gasteiger partial charge in [-0.15, -0.1) is 0 Å². The lowest BCUT2D eigenvalue weighted by atomic mass is 10.1. The van der Waals surface area contributed by atoms with E-state index in [0.717, 1.165) is 29.2 Å². The van der Waals surface area contributed by atoms with Gasteiger partial charge in [-0.25, -0.2) is 0 Å². The topological polar surface area (TPSA) is 9.23 Å². The van der Waals surface area contributed by atoms with Crippen LogP contribution in [0.2, 0.25) is 19.6 Å². The second-order valence-corrected chi connectivity index (χ2v) is 9.24. The van der Waals surface area contributed by atoms with Crippen LogP contribution in [0, 0.1) is 0 Å². The van der Waals surface area contributed by atoms with E-state index < -0.39 is 8.32 Å². The molecule has 1 rings (SSSR count). The SMILES string of the molecule is CC1=C(Cl)CCC=C1O[Si](C)(C)C. The lowest BCUT2D eigenvalue weighted by Crippen LogP contribution is -2.25. The molecule has 0 saturated carbocycles. The van der Waals surface area contributed by atoms with Gasteiger partial charge in [0.05, 0.1) is 0 Å². The van der Waals surface area contributed by atoms with E-state index in [1.807, 2.05) is 6.92 Å². The predicted molar refractivity (Wildman–Crippen MR) is 60.3 cm³/mol. The van der Waals surface area contributed by atoms with Gasteiger partial charge in [0.15, 0.2) is 0 Å². The Kier molecular flexibility index (Phi) is 3.25. The first-order valence-electron chi connectivity index (χ1n) is 4.65. The molecule has 13 heavy (non-hydrogen) atoms. The van der Waals surface area contributed by atoms with Crippen molar-refractivity contribution >= 4 is 19.9 Å². The maximum atomic E-state index is 6.06. The molecule has 0 N–H and O–H groups in total. The van der Waals surface area contributed by atoms with Crippen molar-refractivity contribution in [1.29, 1.82) is 0 Å². The number of allylic oxidation sites excluding steroid dienone is 3. The molecule has 1 nitrogen and oxygen atoms in total. The molecule has 74 valence electrons. The molecule has 0 aromatic rings. The third-order valence-corrected chi connectivity index (χ3v) is 3.19. The summed E-state index contributed by atoms with van der Waals surface area (Å²) in [6.07, 6.45) is 4.13. The van der Waals surface area contributed by atoms with E-state index in [1.54, 1.807) is 0 Å². The molecule has 3 heteroatoms. The van der Waals surface area contributed by atoms with E-state index in [9.17, 15) is 0 Å². The highest BCUT2D eigenvalue weighted by atomic mass is 35.5. The molecule has 0 aliphatic heterocycles. The number of hydrogen-bond acceptors (Lipinski definition) is 1. The summed E-state index contributed by atoms with van der Waals surface area (Å²) in [5.74, 6) is 1.01. The van der Waals surface area contributed by atoms with Crippen molar-refractivity contribution in [2.24, 2.45) is 0 Å². The van der Waals surface area contributed by atoms with Gasteiger partial charge in [0.1, 0.15) is 5.76 Å². The zero-order valence-corrected chi connectivity index (χ0v) is 10.5. The van der Waals surface area contributed by atoms with Crippen LogP contribution in [0.15, 0.2) is 22.4 Å². The first-order chi connectivity index (χ1) is 5.90. The first kappa shape index (κ1) is 10.9. The van der Waals surface area contributed by atoms with E-state index in [4.69, 9.17) is 16.0 Å². The summed E-state index contributed by atoms with van der Waals surface area (Å²) >= 11 is 6.06. The van der Waals surface area contributed by atoms with Gasteiger partial charge in [-0.1, -0.05) is 11.6 Å². The summed E-state index contributed by atoms with van der Waals surface area (Å²) in [6.45, 7) is 8.59. The monoisotopic (exact) mass is 216 g/mol.